The Bertz CT molecular complexity index is 841. The van der Waals surface area contributed by atoms with Gasteiger partial charge in [-0.1, -0.05) is 17.7 Å². The largest absolute Gasteiger partial charge is 0.479 e. The second-order valence-corrected chi connectivity index (χ2v) is 6.91. The third kappa shape index (κ3) is 6.02. The number of carbonyl (C=O) groups is 2. The molecule has 2 rings (SSSR count). The molecule has 0 saturated carbocycles. The molecule has 150 valence electrons. The van der Waals surface area contributed by atoms with Crippen LogP contribution in [0.2, 0.25) is 5.02 Å². The molecule has 2 aromatic carbocycles. The Morgan fingerprint density at radius 2 is 1.82 bits per heavy atom. The first kappa shape index (κ1) is 21.8. The molecular formula is C20H21ClFNO5. The molecule has 0 aliphatic carbocycles. The van der Waals surface area contributed by atoms with Gasteiger partial charge in [-0.05, 0) is 55.8 Å². The molecule has 0 bridgehead atoms. The first-order chi connectivity index (χ1) is 13.2. The molecule has 2 atom stereocenters. The van der Waals surface area contributed by atoms with Crippen LogP contribution < -0.4 is 5.32 Å². The third-order valence-corrected chi connectivity index (χ3v) is 4.10. The third-order valence-electron chi connectivity index (χ3n) is 3.85. The van der Waals surface area contributed by atoms with Gasteiger partial charge in [-0.3, -0.25) is 4.79 Å². The van der Waals surface area contributed by atoms with Crippen LogP contribution in [0.15, 0.2) is 42.5 Å². The van der Waals surface area contributed by atoms with Crippen molar-refractivity contribution < 1.29 is 28.9 Å². The number of hydrogen-bond acceptors (Lipinski definition) is 4. The van der Waals surface area contributed by atoms with Gasteiger partial charge in [0.2, 0.25) is 0 Å². The van der Waals surface area contributed by atoms with Gasteiger partial charge in [0.25, 0.3) is 5.91 Å². The van der Waals surface area contributed by atoms with Gasteiger partial charge in [0.15, 0.2) is 12.2 Å². The van der Waals surface area contributed by atoms with Crippen molar-refractivity contribution in [3.63, 3.8) is 0 Å². The van der Waals surface area contributed by atoms with E-state index in [2.05, 4.69) is 5.32 Å². The SMILES string of the molecule is CC(C)OC(Cc1ccc(F)c(C(O)C(=O)Nc2ccc(Cl)cc2)c1)C(=O)O. The molecule has 0 spiro atoms. The van der Waals surface area contributed by atoms with E-state index < -0.39 is 29.9 Å². The summed E-state index contributed by atoms with van der Waals surface area (Å²) in [5, 5.41) is 22.5. The number of ether oxygens (including phenoxy) is 1. The summed E-state index contributed by atoms with van der Waals surface area (Å²) in [7, 11) is 0. The number of aliphatic carboxylic acids is 1. The fourth-order valence-corrected chi connectivity index (χ4v) is 2.68. The van der Waals surface area contributed by atoms with E-state index in [1.165, 1.54) is 12.1 Å². The number of hydrogen-bond donors (Lipinski definition) is 3. The maximum atomic E-state index is 14.2. The molecule has 0 aliphatic heterocycles. The van der Waals surface area contributed by atoms with Crippen LogP contribution in [0.5, 0.6) is 0 Å². The highest BCUT2D eigenvalue weighted by atomic mass is 35.5. The van der Waals surface area contributed by atoms with Crippen molar-refractivity contribution >= 4 is 29.2 Å². The van der Waals surface area contributed by atoms with E-state index >= 15 is 0 Å². The summed E-state index contributed by atoms with van der Waals surface area (Å²) < 4.78 is 19.5. The summed E-state index contributed by atoms with van der Waals surface area (Å²) in [6.45, 7) is 3.41. The van der Waals surface area contributed by atoms with Gasteiger partial charge in [0.05, 0.1) is 6.10 Å². The Morgan fingerprint density at radius 3 is 2.39 bits per heavy atom. The number of rotatable bonds is 8. The minimum absolute atomic E-state index is 0.0354. The number of nitrogens with one attached hydrogen (secondary N) is 1. The van der Waals surface area contributed by atoms with E-state index in [0.717, 1.165) is 6.07 Å². The van der Waals surface area contributed by atoms with Gasteiger partial charge in [0.1, 0.15) is 5.82 Å². The molecule has 0 radical (unpaired) electrons. The Kier molecular flexibility index (Phi) is 7.51. The lowest BCUT2D eigenvalue weighted by Gasteiger charge is -2.18. The molecule has 8 heteroatoms. The maximum absolute atomic E-state index is 14.2. The second kappa shape index (κ2) is 9.64. The lowest BCUT2D eigenvalue weighted by atomic mass is 10.0. The number of anilines is 1. The number of carboxylic acids is 1. The maximum Gasteiger partial charge on any atom is 0.333 e. The minimum Gasteiger partial charge on any atom is -0.479 e. The Hall–Kier alpha value is -2.48. The van der Waals surface area contributed by atoms with Gasteiger partial charge in [0, 0.05) is 22.7 Å². The van der Waals surface area contributed by atoms with Crippen LogP contribution in [0, 0.1) is 5.82 Å². The monoisotopic (exact) mass is 409 g/mol. The number of aliphatic hydroxyl groups is 1. The van der Waals surface area contributed by atoms with E-state index in [1.54, 1.807) is 38.1 Å². The quantitative estimate of drug-likeness (QED) is 0.619. The number of carbonyl (C=O) groups excluding carboxylic acids is 1. The lowest BCUT2D eigenvalue weighted by molar-refractivity contribution is -0.153. The van der Waals surface area contributed by atoms with E-state index in [-0.39, 0.29) is 18.1 Å². The van der Waals surface area contributed by atoms with Crippen molar-refractivity contribution in [3.8, 4) is 0 Å². The topological polar surface area (TPSA) is 95.9 Å². The minimum atomic E-state index is -1.77. The molecule has 0 fully saturated rings. The molecule has 6 nitrogen and oxygen atoms in total. The molecule has 2 unspecified atom stereocenters. The smallest absolute Gasteiger partial charge is 0.333 e. The number of benzene rings is 2. The van der Waals surface area contributed by atoms with Crippen LogP contribution in [0.4, 0.5) is 10.1 Å². The summed E-state index contributed by atoms with van der Waals surface area (Å²) in [5.41, 5.74) is 0.557. The van der Waals surface area contributed by atoms with Crippen molar-refractivity contribution in [2.75, 3.05) is 5.32 Å². The molecule has 3 N–H and O–H groups in total. The fraction of sp³-hybridized carbons (Fsp3) is 0.300. The predicted octanol–water partition coefficient (Wildman–Crippen LogP) is 3.57. The highest BCUT2D eigenvalue weighted by Gasteiger charge is 2.24. The summed E-state index contributed by atoms with van der Waals surface area (Å²) in [5.74, 6) is -2.76. The molecule has 1 amide bonds. The molecule has 2 aromatic rings. The van der Waals surface area contributed by atoms with Gasteiger partial charge in [-0.15, -0.1) is 0 Å². The Labute approximate surface area is 166 Å². The van der Waals surface area contributed by atoms with Gasteiger partial charge < -0.3 is 20.3 Å². The molecule has 28 heavy (non-hydrogen) atoms. The summed E-state index contributed by atoms with van der Waals surface area (Å²) in [6.07, 6.45) is -3.24. The van der Waals surface area contributed by atoms with Crippen LogP contribution in [0.25, 0.3) is 0 Å². The number of amides is 1. The van der Waals surface area contributed by atoms with Crippen LogP contribution in [-0.4, -0.2) is 34.3 Å². The van der Waals surface area contributed by atoms with Crippen molar-refractivity contribution in [1.29, 1.82) is 0 Å². The Morgan fingerprint density at radius 1 is 1.18 bits per heavy atom. The van der Waals surface area contributed by atoms with Gasteiger partial charge in [-0.2, -0.15) is 0 Å². The van der Waals surface area contributed by atoms with Crippen LogP contribution >= 0.6 is 11.6 Å². The summed E-state index contributed by atoms with van der Waals surface area (Å²) >= 11 is 5.78. The number of carboxylic acid groups (broad SMARTS) is 1. The van der Waals surface area contributed by atoms with Crippen molar-refractivity contribution in [2.24, 2.45) is 0 Å². The van der Waals surface area contributed by atoms with E-state index in [4.69, 9.17) is 16.3 Å². The van der Waals surface area contributed by atoms with Crippen LogP contribution in [-0.2, 0) is 20.7 Å². The zero-order valence-electron chi connectivity index (χ0n) is 15.4. The van der Waals surface area contributed by atoms with Gasteiger partial charge >= 0.3 is 5.97 Å². The second-order valence-electron chi connectivity index (χ2n) is 6.47. The highest BCUT2D eigenvalue weighted by Crippen LogP contribution is 2.22. The normalized spacial score (nSPS) is 13.2. The van der Waals surface area contributed by atoms with E-state index in [1.807, 2.05) is 0 Å². The number of aliphatic hydroxyl groups excluding tert-OH is 1. The summed E-state index contributed by atoms with van der Waals surface area (Å²) in [6, 6.07) is 9.94. The van der Waals surface area contributed by atoms with E-state index in [9.17, 15) is 24.2 Å². The molecule has 0 aromatic heterocycles. The van der Waals surface area contributed by atoms with Crippen LogP contribution in [0.3, 0.4) is 0 Å². The van der Waals surface area contributed by atoms with Crippen molar-refractivity contribution in [2.45, 2.75) is 38.6 Å². The highest BCUT2D eigenvalue weighted by molar-refractivity contribution is 6.30. The molecule has 0 saturated heterocycles. The molecule has 0 heterocycles. The first-order valence-corrected chi connectivity index (χ1v) is 8.96. The summed E-state index contributed by atoms with van der Waals surface area (Å²) in [4.78, 5) is 23.6. The fourth-order valence-electron chi connectivity index (χ4n) is 2.55. The van der Waals surface area contributed by atoms with Crippen LogP contribution in [0.1, 0.15) is 31.1 Å². The average molecular weight is 410 g/mol. The predicted molar refractivity (Wildman–Crippen MR) is 103 cm³/mol. The first-order valence-electron chi connectivity index (χ1n) is 8.58. The zero-order valence-corrected chi connectivity index (χ0v) is 16.1. The van der Waals surface area contributed by atoms with Gasteiger partial charge in [-0.25, -0.2) is 9.18 Å². The van der Waals surface area contributed by atoms with Crippen molar-refractivity contribution in [1.82, 2.24) is 0 Å². The Balaban J connectivity index is 2.17. The van der Waals surface area contributed by atoms with Crippen molar-refractivity contribution in [3.05, 3.63) is 64.4 Å². The number of halogens is 2. The molecule has 0 aliphatic rings. The average Bonchev–Trinajstić information content (AvgIpc) is 2.63. The van der Waals surface area contributed by atoms with E-state index in [0.29, 0.717) is 16.3 Å². The standard InChI is InChI=1S/C20H21ClFNO5/c1-11(2)28-17(20(26)27)10-12-3-8-16(22)15(9-12)18(24)19(25)23-14-6-4-13(21)5-7-14/h3-9,11,17-18,24H,10H2,1-2H3,(H,23,25)(H,26,27). The lowest BCUT2D eigenvalue weighted by Crippen LogP contribution is -2.29. The zero-order chi connectivity index (χ0) is 20.8. The molecular weight excluding hydrogens is 389 g/mol.